The van der Waals surface area contributed by atoms with Gasteiger partial charge in [-0.2, -0.15) is 0 Å². The second kappa shape index (κ2) is 6.84. The lowest BCUT2D eigenvalue weighted by Gasteiger charge is -2.37. The normalized spacial score (nSPS) is 21.7. The van der Waals surface area contributed by atoms with Gasteiger partial charge in [0.05, 0.1) is 25.1 Å². The van der Waals surface area contributed by atoms with Crippen LogP contribution in [-0.4, -0.2) is 40.6 Å². The highest BCUT2D eigenvalue weighted by molar-refractivity contribution is 7.89. The molecule has 0 saturated heterocycles. The van der Waals surface area contributed by atoms with Crippen molar-refractivity contribution in [2.75, 3.05) is 26.1 Å². The maximum Gasteiger partial charge on any atom is 0.209 e. The molecule has 1 atom stereocenters. The Morgan fingerprint density at radius 2 is 1.89 bits per heavy atom. The first-order valence-corrected chi connectivity index (χ1v) is 8.19. The zero-order chi connectivity index (χ0) is 13.6. The number of rotatable bonds is 7. The van der Waals surface area contributed by atoms with Gasteiger partial charge in [-0.1, -0.05) is 19.3 Å². The van der Waals surface area contributed by atoms with Crippen LogP contribution in [0.5, 0.6) is 0 Å². The molecule has 18 heavy (non-hydrogen) atoms. The number of methoxy groups -OCH3 is 1. The summed E-state index contributed by atoms with van der Waals surface area (Å²) in [7, 11) is -1.83. The first-order chi connectivity index (χ1) is 8.37. The van der Waals surface area contributed by atoms with Crippen LogP contribution in [0.4, 0.5) is 0 Å². The van der Waals surface area contributed by atoms with Crippen LogP contribution in [0.25, 0.3) is 0 Å². The Hall–Kier alpha value is -0.170. The van der Waals surface area contributed by atoms with E-state index in [1.807, 2.05) is 6.92 Å². The number of hydrogen-bond donors (Lipinski definition) is 1. The molecule has 6 heteroatoms. The second-order valence-electron chi connectivity index (χ2n) is 5.44. The number of sulfonamides is 1. The Morgan fingerprint density at radius 1 is 1.28 bits per heavy atom. The Morgan fingerprint density at radius 3 is 2.39 bits per heavy atom. The number of hydrogen-bond acceptors (Lipinski definition) is 4. The van der Waals surface area contributed by atoms with Crippen LogP contribution in [0.15, 0.2) is 0 Å². The van der Waals surface area contributed by atoms with Gasteiger partial charge in [0.15, 0.2) is 0 Å². The van der Waals surface area contributed by atoms with E-state index in [9.17, 15) is 8.42 Å². The summed E-state index contributed by atoms with van der Waals surface area (Å²) in [6, 6.07) is 0. The first-order valence-electron chi connectivity index (χ1n) is 6.48. The molecule has 1 aliphatic rings. The average molecular weight is 279 g/mol. The van der Waals surface area contributed by atoms with Crippen molar-refractivity contribution in [3.63, 3.8) is 0 Å². The molecule has 1 unspecified atom stereocenters. The third kappa shape index (κ3) is 5.65. The molecule has 0 spiro atoms. The van der Waals surface area contributed by atoms with Gasteiger partial charge in [-0.15, -0.1) is 0 Å². The number of nitrogens with two attached hydrogens (primary N) is 1. The Balaban J connectivity index is 2.60. The fraction of sp³-hybridized carbons (Fsp3) is 1.00. The van der Waals surface area contributed by atoms with E-state index in [1.165, 1.54) is 6.42 Å². The molecule has 0 radical (unpaired) electrons. The molecular formula is C12H25NO4S. The van der Waals surface area contributed by atoms with E-state index in [2.05, 4.69) is 0 Å². The summed E-state index contributed by atoms with van der Waals surface area (Å²) < 4.78 is 33.5. The molecule has 0 aromatic carbocycles. The summed E-state index contributed by atoms with van der Waals surface area (Å²) in [5, 5.41) is 5.21. The number of ether oxygens (including phenoxy) is 2. The molecule has 0 aromatic heterocycles. The minimum absolute atomic E-state index is 0.0192. The van der Waals surface area contributed by atoms with E-state index in [0.717, 1.165) is 25.7 Å². The molecule has 108 valence electrons. The maximum absolute atomic E-state index is 11.4. The molecule has 5 nitrogen and oxygen atoms in total. The van der Waals surface area contributed by atoms with E-state index >= 15 is 0 Å². The van der Waals surface area contributed by atoms with Crippen molar-refractivity contribution in [1.29, 1.82) is 0 Å². The van der Waals surface area contributed by atoms with E-state index in [4.69, 9.17) is 14.6 Å². The van der Waals surface area contributed by atoms with Gasteiger partial charge >= 0.3 is 0 Å². The third-order valence-corrected chi connectivity index (χ3v) is 4.51. The van der Waals surface area contributed by atoms with Gasteiger partial charge in [-0.25, -0.2) is 13.6 Å². The van der Waals surface area contributed by atoms with Crippen LogP contribution in [0, 0.1) is 5.41 Å². The minimum atomic E-state index is -3.45. The summed E-state index contributed by atoms with van der Waals surface area (Å²) in [4.78, 5) is 0. The Labute approximate surface area is 110 Å². The second-order valence-corrected chi connectivity index (χ2v) is 7.06. The summed E-state index contributed by atoms with van der Waals surface area (Å²) in [5.74, 6) is 0.0275. The fourth-order valence-corrected chi connectivity index (χ4v) is 3.89. The molecule has 0 heterocycles. The van der Waals surface area contributed by atoms with Crippen molar-refractivity contribution in [2.24, 2.45) is 10.6 Å². The van der Waals surface area contributed by atoms with Crippen LogP contribution in [0.3, 0.4) is 0 Å². The van der Waals surface area contributed by atoms with Gasteiger partial charge in [0.25, 0.3) is 0 Å². The first kappa shape index (κ1) is 15.9. The van der Waals surface area contributed by atoms with Crippen LogP contribution in [0.1, 0.15) is 39.0 Å². The van der Waals surface area contributed by atoms with Crippen LogP contribution in [0.2, 0.25) is 0 Å². The van der Waals surface area contributed by atoms with Crippen molar-refractivity contribution in [3.8, 4) is 0 Å². The summed E-state index contributed by atoms with van der Waals surface area (Å²) in [6.45, 7) is 2.90. The predicted molar refractivity (Wildman–Crippen MR) is 70.8 cm³/mol. The molecular weight excluding hydrogens is 254 g/mol. The maximum atomic E-state index is 11.4. The Bertz CT molecular complexity index is 336. The van der Waals surface area contributed by atoms with Gasteiger partial charge in [0.2, 0.25) is 10.0 Å². The topological polar surface area (TPSA) is 78.6 Å². The minimum Gasteiger partial charge on any atom is -0.382 e. The van der Waals surface area contributed by atoms with Crippen LogP contribution >= 0.6 is 0 Å². The predicted octanol–water partition coefficient (Wildman–Crippen LogP) is 1.28. The Kier molecular flexibility index (Phi) is 6.04. The molecule has 0 aliphatic heterocycles. The van der Waals surface area contributed by atoms with E-state index in [-0.39, 0.29) is 17.3 Å². The lowest BCUT2D eigenvalue weighted by molar-refractivity contribution is -0.0380. The van der Waals surface area contributed by atoms with Crippen LogP contribution < -0.4 is 5.14 Å². The summed E-state index contributed by atoms with van der Waals surface area (Å²) in [5.41, 5.74) is -0.298. The van der Waals surface area contributed by atoms with Crippen molar-refractivity contribution < 1.29 is 17.9 Å². The average Bonchev–Trinajstić information content (AvgIpc) is 2.26. The molecule has 1 aliphatic carbocycles. The molecule has 1 rings (SSSR count). The molecule has 0 bridgehead atoms. The molecule has 0 amide bonds. The molecule has 2 N–H and O–H groups in total. The zero-order valence-electron chi connectivity index (χ0n) is 11.4. The highest BCUT2D eigenvalue weighted by Gasteiger charge is 2.36. The SMILES string of the molecule is COCC(C)OCC1(CS(N)(=O)=O)CCCCC1. The fourth-order valence-electron chi connectivity index (χ4n) is 2.66. The highest BCUT2D eigenvalue weighted by Crippen LogP contribution is 2.37. The van der Waals surface area contributed by atoms with Gasteiger partial charge in [-0.05, 0) is 19.8 Å². The quantitative estimate of drug-likeness (QED) is 0.761. The van der Waals surface area contributed by atoms with Gasteiger partial charge < -0.3 is 9.47 Å². The van der Waals surface area contributed by atoms with Crippen LogP contribution in [-0.2, 0) is 19.5 Å². The molecule has 1 saturated carbocycles. The van der Waals surface area contributed by atoms with Crippen molar-refractivity contribution in [3.05, 3.63) is 0 Å². The summed E-state index contributed by atoms with van der Waals surface area (Å²) in [6.07, 6.45) is 5.01. The van der Waals surface area contributed by atoms with Crippen molar-refractivity contribution in [2.45, 2.75) is 45.1 Å². The van der Waals surface area contributed by atoms with E-state index in [1.54, 1.807) is 7.11 Å². The number of primary sulfonamides is 1. The van der Waals surface area contributed by atoms with Gasteiger partial charge in [0, 0.05) is 12.5 Å². The van der Waals surface area contributed by atoms with E-state index < -0.39 is 10.0 Å². The molecule has 0 aromatic rings. The van der Waals surface area contributed by atoms with Crippen molar-refractivity contribution in [1.82, 2.24) is 0 Å². The highest BCUT2D eigenvalue weighted by atomic mass is 32.2. The molecule has 1 fully saturated rings. The largest absolute Gasteiger partial charge is 0.382 e. The lowest BCUT2D eigenvalue weighted by atomic mass is 9.76. The standard InChI is InChI=1S/C12H25NO4S/c1-11(8-16-2)17-9-12(10-18(13,14)15)6-4-3-5-7-12/h11H,3-10H2,1-2H3,(H2,13,14,15). The van der Waals surface area contributed by atoms with Gasteiger partial charge in [0.1, 0.15) is 0 Å². The third-order valence-electron chi connectivity index (χ3n) is 3.50. The monoisotopic (exact) mass is 279 g/mol. The zero-order valence-corrected chi connectivity index (χ0v) is 12.2. The van der Waals surface area contributed by atoms with E-state index in [0.29, 0.717) is 13.2 Å². The van der Waals surface area contributed by atoms with Gasteiger partial charge in [-0.3, -0.25) is 0 Å². The summed E-state index contributed by atoms with van der Waals surface area (Å²) >= 11 is 0. The lowest BCUT2D eigenvalue weighted by Crippen LogP contribution is -2.40. The smallest absolute Gasteiger partial charge is 0.209 e. The van der Waals surface area contributed by atoms with Crippen molar-refractivity contribution >= 4 is 10.0 Å².